The summed E-state index contributed by atoms with van der Waals surface area (Å²) >= 11 is 0. The van der Waals surface area contributed by atoms with E-state index in [1.807, 2.05) is 0 Å². The predicted octanol–water partition coefficient (Wildman–Crippen LogP) is 4.97. The molecule has 2 aliphatic heterocycles. The Morgan fingerprint density at radius 2 is 1.63 bits per heavy atom. The third kappa shape index (κ3) is 5.54. The molecule has 1 aromatic carbocycles. The number of ketones is 1. The van der Waals surface area contributed by atoms with Crippen molar-refractivity contribution >= 4 is 38.3 Å². The fourth-order valence-corrected chi connectivity index (χ4v) is 13.1. The molecular formula is C39H53NO13Si. The van der Waals surface area contributed by atoms with Gasteiger partial charge in [-0.15, -0.1) is 0 Å². The number of hydrogen-bond acceptors (Lipinski definition) is 13. The van der Waals surface area contributed by atoms with Gasteiger partial charge in [-0.05, 0) is 55.3 Å². The minimum absolute atomic E-state index is 0.116. The highest BCUT2D eigenvalue weighted by molar-refractivity contribution is 6.73. The molecule has 14 nitrogen and oxygen atoms in total. The zero-order valence-corrected chi connectivity index (χ0v) is 33.8. The van der Waals surface area contributed by atoms with E-state index in [0.29, 0.717) is 0 Å². The van der Waals surface area contributed by atoms with Crippen molar-refractivity contribution in [3.8, 4) is 0 Å². The average molecular weight is 772 g/mol. The Morgan fingerprint density at radius 3 is 2.17 bits per heavy atom. The van der Waals surface area contributed by atoms with Crippen molar-refractivity contribution in [1.82, 2.24) is 4.90 Å². The molecule has 2 heterocycles. The lowest BCUT2D eigenvalue weighted by molar-refractivity contribution is -0.344. The Hall–Kier alpha value is -3.79. The number of fused-ring (bicyclic) bond motifs is 4. The first kappa shape index (κ1) is 39.9. The van der Waals surface area contributed by atoms with Crippen LogP contribution < -0.4 is 0 Å². The smallest absolute Gasteiger partial charge is 0.454 e. The largest absolute Gasteiger partial charge is 0.509 e. The van der Waals surface area contributed by atoms with Crippen molar-refractivity contribution in [3.63, 3.8) is 0 Å². The number of benzene rings is 1. The lowest BCUT2D eigenvalue weighted by atomic mass is 9.44. The van der Waals surface area contributed by atoms with Crippen LogP contribution in [-0.2, 0) is 42.4 Å². The van der Waals surface area contributed by atoms with Crippen LogP contribution >= 0.6 is 0 Å². The number of amides is 1. The van der Waals surface area contributed by atoms with Crippen molar-refractivity contribution in [2.24, 2.45) is 16.7 Å². The molecule has 1 amide bonds. The van der Waals surface area contributed by atoms with Gasteiger partial charge in [0.1, 0.15) is 12.2 Å². The number of ether oxygens (including phenoxy) is 6. The van der Waals surface area contributed by atoms with Gasteiger partial charge in [0.25, 0.3) is 0 Å². The number of carbonyl (C=O) groups is 5. The number of hydrogen-bond donors (Lipinski definition) is 1. The standard InChI is InChI=1S/C39H53NO13Si/c1-11-54(12-2,13-3)53-24-19-25-38(20-47-25,51-22(5)41)29-32(49-33(44)23-17-15-14-16-18-23)39-31(50-35(46)52-39)27(42)21(4)26(36(39,6)7)28(30(43)37(24,29)8)48-34(45)40(9)10/h14-18,24-25,27-29,31-32,42H,11-13,19-20H2,1-10H3/t24-,25+,27+,28+,29-,31-,32-,37+,38-,39+/m0/s1. The zero-order chi connectivity index (χ0) is 39.8. The Morgan fingerprint density at radius 1 is 1.00 bits per heavy atom. The first-order valence-corrected chi connectivity index (χ1v) is 21.3. The Balaban J connectivity index is 1.75. The molecule has 3 aliphatic carbocycles. The molecule has 1 spiro atoms. The van der Waals surface area contributed by atoms with Crippen LogP contribution in [0.4, 0.5) is 9.59 Å². The number of nitrogens with zero attached hydrogens (tertiary/aromatic N) is 1. The lowest BCUT2D eigenvalue weighted by Gasteiger charge is -2.68. The summed E-state index contributed by atoms with van der Waals surface area (Å²) in [5, 5.41) is 12.1. The van der Waals surface area contributed by atoms with E-state index in [1.165, 1.54) is 25.9 Å². The number of rotatable bonds is 9. The van der Waals surface area contributed by atoms with Gasteiger partial charge in [0, 0.05) is 32.9 Å². The molecule has 15 heteroatoms. The molecule has 2 saturated carbocycles. The molecular weight excluding hydrogens is 719 g/mol. The maximum absolute atomic E-state index is 16.0. The summed E-state index contributed by atoms with van der Waals surface area (Å²) in [7, 11) is 0.389. The third-order valence-corrected chi connectivity index (χ3v) is 17.9. The van der Waals surface area contributed by atoms with E-state index in [9.17, 15) is 24.3 Å². The van der Waals surface area contributed by atoms with Gasteiger partial charge in [-0.25, -0.2) is 14.4 Å². The van der Waals surface area contributed by atoms with Gasteiger partial charge in [-0.3, -0.25) is 9.59 Å². The van der Waals surface area contributed by atoms with Gasteiger partial charge < -0.3 is 42.9 Å². The minimum Gasteiger partial charge on any atom is -0.454 e. The number of Topliss-reactive ketones (excluding diaryl/α,β-unsaturated/α-hetero) is 1. The summed E-state index contributed by atoms with van der Waals surface area (Å²) in [6.45, 7) is 13.8. The monoisotopic (exact) mass is 771 g/mol. The van der Waals surface area contributed by atoms with Crippen LogP contribution in [0.25, 0.3) is 0 Å². The predicted molar refractivity (Wildman–Crippen MR) is 194 cm³/mol. The Labute approximate surface area is 316 Å². The molecule has 1 aromatic rings. The van der Waals surface area contributed by atoms with E-state index in [1.54, 1.807) is 58.0 Å². The van der Waals surface area contributed by atoms with Crippen molar-refractivity contribution in [1.29, 1.82) is 0 Å². The second kappa shape index (κ2) is 13.7. The molecule has 1 N–H and O–H groups in total. The fourth-order valence-electron chi connectivity index (χ4n) is 10.1. The molecule has 5 aliphatic rings. The molecule has 0 aromatic heterocycles. The maximum atomic E-state index is 16.0. The number of aliphatic hydroxyl groups excluding tert-OH is 1. The highest BCUT2D eigenvalue weighted by Crippen LogP contribution is 2.67. The van der Waals surface area contributed by atoms with Crippen LogP contribution in [0.3, 0.4) is 0 Å². The number of aliphatic hydroxyl groups is 1. The van der Waals surface area contributed by atoms with Gasteiger partial charge in [0.05, 0.1) is 29.6 Å². The SMILES string of the molecule is CC[Si](CC)(CC)O[C@H]1C[C@H]2OC[C@@]2(OC(C)=O)[C@H]2[C@H](OC(=O)c3ccccc3)[C@]34OC(=O)O[C@H]3[C@H](O)C(C)=C([C@@H](OC(=O)N(C)C)C(=O)[C@]12C)C4(C)C. The summed E-state index contributed by atoms with van der Waals surface area (Å²) in [5.41, 5.74) is -6.47. The van der Waals surface area contributed by atoms with Gasteiger partial charge in [0.15, 0.2) is 38.0 Å². The van der Waals surface area contributed by atoms with Crippen LogP contribution in [0.5, 0.6) is 0 Å². The van der Waals surface area contributed by atoms with E-state index in [0.717, 1.165) is 18.1 Å². The van der Waals surface area contributed by atoms with Crippen LogP contribution in [0.1, 0.15) is 72.2 Å². The summed E-state index contributed by atoms with van der Waals surface area (Å²) in [6.07, 6.45) is -10.00. The Kier molecular flexibility index (Phi) is 10.2. The molecule has 2 saturated heterocycles. The van der Waals surface area contributed by atoms with E-state index < -0.39 is 103 Å². The van der Waals surface area contributed by atoms with Crippen LogP contribution in [0.2, 0.25) is 18.1 Å². The summed E-state index contributed by atoms with van der Waals surface area (Å²) in [6, 6.07) is 10.3. The van der Waals surface area contributed by atoms with Gasteiger partial charge >= 0.3 is 24.2 Å². The number of carbonyl (C=O) groups excluding carboxylic acids is 5. The molecule has 2 bridgehead atoms. The first-order chi connectivity index (χ1) is 25.3. The molecule has 54 heavy (non-hydrogen) atoms. The molecule has 4 fully saturated rings. The van der Waals surface area contributed by atoms with Crippen LogP contribution in [0, 0.1) is 16.7 Å². The quantitative estimate of drug-likeness (QED) is 0.155. The van der Waals surface area contributed by atoms with E-state index in [4.69, 9.17) is 32.8 Å². The van der Waals surface area contributed by atoms with Crippen molar-refractivity contribution < 1.29 is 61.9 Å². The topological polar surface area (TPSA) is 173 Å². The van der Waals surface area contributed by atoms with Gasteiger partial charge in [-0.2, -0.15) is 0 Å². The van der Waals surface area contributed by atoms with Crippen molar-refractivity contribution in [3.05, 3.63) is 47.0 Å². The average Bonchev–Trinajstić information content (AvgIpc) is 3.50. The second-order valence-corrected chi connectivity index (χ2v) is 21.0. The van der Waals surface area contributed by atoms with Gasteiger partial charge in [-0.1, -0.05) is 52.8 Å². The van der Waals surface area contributed by atoms with Gasteiger partial charge in [0.2, 0.25) is 5.60 Å². The van der Waals surface area contributed by atoms with Crippen molar-refractivity contribution in [2.45, 2.75) is 128 Å². The van der Waals surface area contributed by atoms with Crippen LogP contribution in [0.15, 0.2) is 41.5 Å². The number of esters is 2. The molecule has 0 radical (unpaired) electrons. The zero-order valence-electron chi connectivity index (χ0n) is 32.8. The maximum Gasteiger partial charge on any atom is 0.509 e. The lowest BCUT2D eigenvalue weighted by Crippen LogP contribution is -2.83. The molecule has 6 rings (SSSR count). The van der Waals surface area contributed by atoms with Crippen molar-refractivity contribution in [2.75, 3.05) is 20.7 Å². The first-order valence-electron chi connectivity index (χ1n) is 18.8. The van der Waals surface area contributed by atoms with E-state index >= 15 is 4.79 Å². The molecule has 0 unspecified atom stereocenters. The summed E-state index contributed by atoms with van der Waals surface area (Å²) in [4.78, 5) is 72.0. The summed E-state index contributed by atoms with van der Waals surface area (Å²) in [5.74, 6) is -3.47. The minimum atomic E-state index is -2.57. The summed E-state index contributed by atoms with van der Waals surface area (Å²) < 4.78 is 44.7. The Bertz CT molecular complexity index is 1730. The van der Waals surface area contributed by atoms with E-state index in [2.05, 4.69) is 20.8 Å². The van der Waals surface area contributed by atoms with E-state index in [-0.39, 0.29) is 29.7 Å². The second-order valence-electron chi connectivity index (χ2n) is 16.3. The normalized spacial score (nSPS) is 36.5. The highest BCUT2D eigenvalue weighted by Gasteiger charge is 2.83. The van der Waals surface area contributed by atoms with Crippen LogP contribution in [-0.4, -0.2) is 117 Å². The third-order valence-electron chi connectivity index (χ3n) is 13.3. The highest BCUT2D eigenvalue weighted by atomic mass is 28.4. The molecule has 10 atom stereocenters. The fraction of sp³-hybridized carbons (Fsp3) is 0.667. The molecule has 296 valence electrons.